The van der Waals surface area contributed by atoms with E-state index in [2.05, 4.69) is 15.3 Å². The smallest absolute Gasteiger partial charge is 0.310 e. The SMILES string of the molecule is O=C(O)Cc1nn2c(=O)cnnc2s1. The Kier molecular flexibility index (Phi) is 1.97. The summed E-state index contributed by atoms with van der Waals surface area (Å²) in [6.45, 7) is 0. The number of hydrogen-bond donors (Lipinski definition) is 1. The van der Waals surface area contributed by atoms with Gasteiger partial charge in [-0.15, -0.1) is 5.10 Å². The van der Waals surface area contributed by atoms with Gasteiger partial charge in [0.2, 0.25) is 4.96 Å². The molecule has 0 spiro atoms. The molecule has 0 amide bonds. The molecule has 0 aromatic carbocycles. The Balaban J connectivity index is 2.57. The first-order valence-corrected chi connectivity index (χ1v) is 4.41. The van der Waals surface area contributed by atoms with E-state index in [1.165, 1.54) is 0 Å². The number of fused-ring (bicyclic) bond motifs is 1. The lowest BCUT2D eigenvalue weighted by Crippen LogP contribution is -2.14. The number of carbonyl (C=O) groups is 1. The molecule has 0 aliphatic carbocycles. The van der Waals surface area contributed by atoms with E-state index in [9.17, 15) is 9.59 Å². The molecule has 0 radical (unpaired) electrons. The average molecular weight is 212 g/mol. The van der Waals surface area contributed by atoms with E-state index in [0.29, 0.717) is 9.97 Å². The summed E-state index contributed by atoms with van der Waals surface area (Å²) in [6.07, 6.45) is 0.810. The monoisotopic (exact) mass is 212 g/mol. The van der Waals surface area contributed by atoms with E-state index in [-0.39, 0.29) is 6.42 Å². The molecule has 0 atom stereocenters. The fourth-order valence-electron chi connectivity index (χ4n) is 0.913. The molecule has 2 aromatic heterocycles. The minimum absolute atomic E-state index is 0.215. The van der Waals surface area contributed by atoms with Gasteiger partial charge in [0.25, 0.3) is 5.56 Å². The molecule has 0 saturated carbocycles. The van der Waals surface area contributed by atoms with Crippen molar-refractivity contribution in [3.05, 3.63) is 21.6 Å². The molecule has 0 aliphatic heterocycles. The van der Waals surface area contributed by atoms with Crippen molar-refractivity contribution in [2.45, 2.75) is 6.42 Å². The highest BCUT2D eigenvalue weighted by Gasteiger charge is 2.09. The molecule has 0 fully saturated rings. The predicted octanol–water partition coefficient (Wildman–Crippen LogP) is -0.827. The Morgan fingerprint density at radius 3 is 3.07 bits per heavy atom. The maximum Gasteiger partial charge on any atom is 0.310 e. The van der Waals surface area contributed by atoms with Crippen molar-refractivity contribution < 1.29 is 9.90 Å². The van der Waals surface area contributed by atoms with Crippen LogP contribution in [0.2, 0.25) is 0 Å². The third-order valence-electron chi connectivity index (χ3n) is 1.42. The van der Waals surface area contributed by atoms with Gasteiger partial charge in [-0.05, 0) is 0 Å². The number of carboxylic acids is 1. The van der Waals surface area contributed by atoms with Crippen LogP contribution < -0.4 is 5.56 Å². The van der Waals surface area contributed by atoms with E-state index in [4.69, 9.17) is 5.11 Å². The van der Waals surface area contributed by atoms with Gasteiger partial charge in [-0.1, -0.05) is 11.3 Å². The molecule has 8 heteroatoms. The highest BCUT2D eigenvalue weighted by atomic mass is 32.1. The molecular formula is C6H4N4O3S. The van der Waals surface area contributed by atoms with Crippen LogP contribution in [0.25, 0.3) is 4.96 Å². The van der Waals surface area contributed by atoms with Crippen LogP contribution in [0, 0.1) is 0 Å². The van der Waals surface area contributed by atoms with Crippen molar-refractivity contribution in [2.75, 3.05) is 0 Å². The molecule has 14 heavy (non-hydrogen) atoms. The minimum atomic E-state index is -0.995. The van der Waals surface area contributed by atoms with Crippen molar-refractivity contribution in [2.24, 2.45) is 0 Å². The van der Waals surface area contributed by atoms with E-state index in [0.717, 1.165) is 22.0 Å². The van der Waals surface area contributed by atoms with Crippen LogP contribution in [0.3, 0.4) is 0 Å². The van der Waals surface area contributed by atoms with Crippen LogP contribution in [0.1, 0.15) is 5.01 Å². The highest BCUT2D eigenvalue weighted by molar-refractivity contribution is 7.16. The molecule has 0 saturated heterocycles. The predicted molar refractivity (Wildman–Crippen MR) is 46.3 cm³/mol. The molecular weight excluding hydrogens is 208 g/mol. The molecule has 0 unspecified atom stereocenters. The van der Waals surface area contributed by atoms with Gasteiger partial charge < -0.3 is 5.11 Å². The number of nitrogens with zero attached hydrogens (tertiary/aromatic N) is 4. The summed E-state index contributed by atoms with van der Waals surface area (Å²) in [4.78, 5) is 21.8. The summed E-state index contributed by atoms with van der Waals surface area (Å²) in [7, 11) is 0. The van der Waals surface area contributed by atoms with Crippen LogP contribution in [0.15, 0.2) is 11.0 Å². The van der Waals surface area contributed by atoms with Gasteiger partial charge in [-0.2, -0.15) is 14.7 Å². The van der Waals surface area contributed by atoms with Crippen molar-refractivity contribution >= 4 is 22.3 Å². The van der Waals surface area contributed by atoms with Gasteiger partial charge in [-0.3, -0.25) is 9.59 Å². The summed E-state index contributed by atoms with van der Waals surface area (Å²) in [6, 6.07) is 0. The molecule has 2 rings (SSSR count). The number of carboxylic acid groups (broad SMARTS) is 1. The van der Waals surface area contributed by atoms with Crippen LogP contribution >= 0.6 is 11.3 Å². The van der Waals surface area contributed by atoms with Gasteiger partial charge >= 0.3 is 5.97 Å². The molecule has 7 nitrogen and oxygen atoms in total. The lowest BCUT2D eigenvalue weighted by atomic mass is 10.5. The van der Waals surface area contributed by atoms with E-state index in [1.54, 1.807) is 0 Å². The van der Waals surface area contributed by atoms with Crippen molar-refractivity contribution in [3.63, 3.8) is 0 Å². The Hall–Kier alpha value is -1.83. The third kappa shape index (κ3) is 1.46. The second kappa shape index (κ2) is 3.14. The quantitative estimate of drug-likeness (QED) is 0.698. The molecule has 0 aliphatic rings. The summed E-state index contributed by atoms with van der Waals surface area (Å²) in [5, 5.41) is 19.7. The lowest BCUT2D eigenvalue weighted by molar-refractivity contribution is -0.136. The minimum Gasteiger partial charge on any atom is -0.481 e. The first kappa shape index (κ1) is 8.75. The highest BCUT2D eigenvalue weighted by Crippen LogP contribution is 2.09. The van der Waals surface area contributed by atoms with Gasteiger partial charge in [0.1, 0.15) is 11.2 Å². The second-order valence-corrected chi connectivity index (χ2v) is 3.48. The summed E-state index contributed by atoms with van der Waals surface area (Å²) in [5.41, 5.74) is -0.414. The van der Waals surface area contributed by atoms with Gasteiger partial charge in [0.15, 0.2) is 0 Å². The molecule has 0 bridgehead atoms. The Morgan fingerprint density at radius 1 is 1.64 bits per heavy atom. The van der Waals surface area contributed by atoms with Gasteiger partial charge in [0.05, 0.1) is 6.42 Å². The van der Waals surface area contributed by atoms with E-state index >= 15 is 0 Å². The standard InChI is InChI=1S/C6H4N4O3S/c11-4-2-7-8-6-10(4)9-3(14-6)1-5(12)13/h2H,1H2,(H,12,13). The number of hydrogen-bond acceptors (Lipinski definition) is 6. The normalized spacial score (nSPS) is 10.6. The van der Waals surface area contributed by atoms with Gasteiger partial charge in [-0.25, -0.2) is 0 Å². The number of aromatic nitrogens is 4. The zero-order valence-corrected chi connectivity index (χ0v) is 7.56. The summed E-state index contributed by atoms with van der Waals surface area (Å²) in [5.74, 6) is -0.995. The average Bonchev–Trinajstić information content (AvgIpc) is 2.47. The molecule has 72 valence electrons. The first-order valence-electron chi connectivity index (χ1n) is 3.59. The van der Waals surface area contributed by atoms with Crippen molar-refractivity contribution in [3.8, 4) is 0 Å². The lowest BCUT2D eigenvalue weighted by Gasteiger charge is -1.84. The van der Waals surface area contributed by atoms with Crippen LogP contribution in [-0.2, 0) is 11.2 Å². The second-order valence-electron chi connectivity index (χ2n) is 2.44. The number of aliphatic carboxylic acids is 1. The van der Waals surface area contributed by atoms with Gasteiger partial charge in [0, 0.05) is 0 Å². The topological polar surface area (TPSA) is 97.4 Å². The van der Waals surface area contributed by atoms with Crippen molar-refractivity contribution in [1.82, 2.24) is 19.8 Å². The van der Waals surface area contributed by atoms with E-state index in [1.807, 2.05) is 0 Å². The molecule has 2 aromatic rings. The largest absolute Gasteiger partial charge is 0.481 e. The maximum absolute atomic E-state index is 11.1. The van der Waals surface area contributed by atoms with E-state index < -0.39 is 11.5 Å². The number of rotatable bonds is 2. The fourth-order valence-corrected chi connectivity index (χ4v) is 1.75. The maximum atomic E-state index is 11.1. The zero-order valence-electron chi connectivity index (χ0n) is 6.75. The van der Waals surface area contributed by atoms with Crippen LogP contribution in [0.4, 0.5) is 0 Å². The van der Waals surface area contributed by atoms with Crippen LogP contribution in [0.5, 0.6) is 0 Å². The summed E-state index contributed by atoms with van der Waals surface area (Å²) < 4.78 is 1.04. The molecule has 2 heterocycles. The Bertz CT molecular complexity index is 545. The summed E-state index contributed by atoms with van der Waals surface area (Å²) >= 11 is 1.04. The first-order chi connectivity index (χ1) is 6.66. The zero-order chi connectivity index (χ0) is 10.1. The van der Waals surface area contributed by atoms with Crippen molar-refractivity contribution in [1.29, 1.82) is 0 Å². The Morgan fingerprint density at radius 2 is 2.43 bits per heavy atom. The third-order valence-corrected chi connectivity index (χ3v) is 2.32. The fraction of sp³-hybridized carbons (Fsp3) is 0.167. The Labute approximate surface area is 80.6 Å². The molecule has 1 N–H and O–H groups in total. The van der Waals surface area contributed by atoms with Crippen LogP contribution in [-0.4, -0.2) is 30.9 Å².